The molecule has 2 amide bonds. The van der Waals surface area contributed by atoms with Crippen molar-refractivity contribution in [3.63, 3.8) is 0 Å². The number of nitrogens with zero attached hydrogens (tertiary/aromatic N) is 1. The molecule has 0 bridgehead atoms. The molecule has 0 radical (unpaired) electrons. The number of carbonyl (C=O) groups is 1. The first-order valence-electron chi connectivity index (χ1n) is 5.36. The van der Waals surface area contributed by atoms with Crippen molar-refractivity contribution in [2.45, 2.75) is 6.54 Å². The number of nitrogens with one attached hydrogen (secondary N) is 2. The maximum absolute atomic E-state index is 11.5. The van der Waals surface area contributed by atoms with E-state index in [1.807, 2.05) is 24.3 Å². The van der Waals surface area contributed by atoms with Gasteiger partial charge in [0.2, 0.25) is 0 Å². The zero-order valence-corrected chi connectivity index (χ0v) is 9.84. The number of rotatable bonds is 4. The van der Waals surface area contributed by atoms with Crippen LogP contribution in [0, 0.1) is 0 Å². The number of benzene rings is 1. The Morgan fingerprint density at radius 1 is 1.39 bits per heavy atom. The number of amides is 2. The van der Waals surface area contributed by atoms with Crippen molar-refractivity contribution in [3.8, 4) is 5.75 Å². The fraction of sp³-hybridized carbons (Fsp3) is 0.167. The van der Waals surface area contributed by atoms with Gasteiger partial charge in [0.25, 0.3) is 0 Å². The van der Waals surface area contributed by atoms with Crippen LogP contribution in [0.1, 0.15) is 5.56 Å². The second kappa shape index (κ2) is 5.72. The minimum Gasteiger partial charge on any atom is -0.496 e. The molecule has 1 aromatic carbocycles. The predicted octanol–water partition coefficient (Wildman–Crippen LogP) is 2.00. The maximum atomic E-state index is 11.5. The van der Waals surface area contributed by atoms with Gasteiger partial charge in [-0.2, -0.15) is 0 Å². The number of methoxy groups -OCH3 is 1. The fourth-order valence-electron chi connectivity index (χ4n) is 1.46. The summed E-state index contributed by atoms with van der Waals surface area (Å²) in [5.74, 6) is 1.10. The van der Waals surface area contributed by atoms with Crippen LogP contribution in [0.25, 0.3) is 0 Å². The van der Waals surface area contributed by atoms with Gasteiger partial charge in [0.05, 0.1) is 7.11 Å². The van der Waals surface area contributed by atoms with Crippen LogP contribution < -0.4 is 15.4 Å². The molecule has 0 unspecified atom stereocenters. The summed E-state index contributed by atoms with van der Waals surface area (Å²) in [6, 6.07) is 8.69. The predicted molar refractivity (Wildman–Crippen MR) is 65.4 cm³/mol. The molecule has 0 aliphatic carbocycles. The second-order valence-electron chi connectivity index (χ2n) is 3.50. The monoisotopic (exact) mass is 247 g/mol. The van der Waals surface area contributed by atoms with Gasteiger partial charge in [-0.15, -0.1) is 0 Å². The average Bonchev–Trinajstić information content (AvgIpc) is 2.89. The minimum atomic E-state index is -0.352. The molecule has 1 aromatic heterocycles. The molecule has 0 aliphatic heterocycles. The molecule has 2 rings (SSSR count). The Morgan fingerprint density at radius 2 is 2.22 bits per heavy atom. The summed E-state index contributed by atoms with van der Waals surface area (Å²) in [6.45, 7) is 0.369. The number of hydrogen-bond acceptors (Lipinski definition) is 4. The molecule has 0 saturated heterocycles. The number of urea groups is 1. The highest BCUT2D eigenvalue weighted by atomic mass is 16.5. The van der Waals surface area contributed by atoms with Gasteiger partial charge in [0, 0.05) is 18.2 Å². The topological polar surface area (TPSA) is 76.4 Å². The zero-order valence-electron chi connectivity index (χ0n) is 9.84. The number of carbonyl (C=O) groups excluding carboxylic acids is 1. The van der Waals surface area contributed by atoms with E-state index in [-0.39, 0.29) is 6.03 Å². The van der Waals surface area contributed by atoms with Crippen molar-refractivity contribution >= 4 is 11.8 Å². The average molecular weight is 247 g/mol. The second-order valence-corrected chi connectivity index (χ2v) is 3.50. The quantitative estimate of drug-likeness (QED) is 0.866. The van der Waals surface area contributed by atoms with Crippen LogP contribution in [-0.2, 0) is 6.54 Å². The number of anilines is 1. The van der Waals surface area contributed by atoms with E-state index in [1.165, 1.54) is 6.26 Å². The van der Waals surface area contributed by atoms with Crippen molar-refractivity contribution in [2.75, 3.05) is 12.4 Å². The van der Waals surface area contributed by atoms with Gasteiger partial charge in [0.1, 0.15) is 12.0 Å². The zero-order chi connectivity index (χ0) is 12.8. The number of hydrogen-bond donors (Lipinski definition) is 2. The molecule has 1 heterocycles. The fourth-order valence-corrected chi connectivity index (χ4v) is 1.46. The summed E-state index contributed by atoms with van der Waals surface area (Å²) in [6.07, 6.45) is 1.38. The van der Waals surface area contributed by atoms with E-state index in [4.69, 9.17) is 4.74 Å². The molecular formula is C12H13N3O3. The highest BCUT2D eigenvalue weighted by Gasteiger charge is 2.06. The van der Waals surface area contributed by atoms with Gasteiger partial charge < -0.3 is 14.6 Å². The molecule has 6 nitrogen and oxygen atoms in total. The third-order valence-corrected chi connectivity index (χ3v) is 2.31. The lowest BCUT2D eigenvalue weighted by Gasteiger charge is -2.09. The third kappa shape index (κ3) is 3.00. The van der Waals surface area contributed by atoms with Crippen molar-refractivity contribution in [3.05, 3.63) is 42.2 Å². The maximum Gasteiger partial charge on any atom is 0.320 e. The van der Waals surface area contributed by atoms with Crippen LogP contribution in [0.15, 0.2) is 41.1 Å². The Bertz CT molecular complexity index is 511. The lowest BCUT2D eigenvalue weighted by atomic mass is 10.2. The van der Waals surface area contributed by atoms with Gasteiger partial charge in [0.15, 0.2) is 5.82 Å². The largest absolute Gasteiger partial charge is 0.496 e. The van der Waals surface area contributed by atoms with Crippen LogP contribution in [0.3, 0.4) is 0 Å². The molecule has 18 heavy (non-hydrogen) atoms. The van der Waals surface area contributed by atoms with Gasteiger partial charge in [-0.1, -0.05) is 23.4 Å². The first-order chi connectivity index (χ1) is 8.79. The lowest BCUT2D eigenvalue weighted by Crippen LogP contribution is -2.28. The van der Waals surface area contributed by atoms with Crippen LogP contribution >= 0.6 is 0 Å². The van der Waals surface area contributed by atoms with Gasteiger partial charge >= 0.3 is 6.03 Å². The first kappa shape index (κ1) is 12.0. The van der Waals surface area contributed by atoms with E-state index in [0.29, 0.717) is 12.4 Å². The van der Waals surface area contributed by atoms with Crippen molar-refractivity contribution in [1.29, 1.82) is 0 Å². The molecule has 94 valence electrons. The Balaban J connectivity index is 1.89. The number of para-hydroxylation sites is 1. The van der Waals surface area contributed by atoms with Gasteiger partial charge in [-0.05, 0) is 6.07 Å². The minimum absolute atomic E-state index is 0.352. The Hall–Kier alpha value is -2.50. The summed E-state index contributed by atoms with van der Waals surface area (Å²) in [5.41, 5.74) is 0.898. The molecule has 0 saturated carbocycles. The van der Waals surface area contributed by atoms with E-state index >= 15 is 0 Å². The van der Waals surface area contributed by atoms with Gasteiger partial charge in [-0.25, -0.2) is 4.79 Å². The Morgan fingerprint density at radius 3 is 2.94 bits per heavy atom. The van der Waals surface area contributed by atoms with Crippen molar-refractivity contribution < 1.29 is 14.1 Å². The number of ether oxygens (including phenoxy) is 1. The molecule has 0 fully saturated rings. The van der Waals surface area contributed by atoms with E-state index in [0.717, 1.165) is 11.3 Å². The SMILES string of the molecule is COc1ccccc1CNC(=O)Nc1ccon1. The molecule has 2 N–H and O–H groups in total. The molecule has 2 aromatic rings. The van der Waals surface area contributed by atoms with E-state index in [1.54, 1.807) is 13.2 Å². The Labute approximate surface area is 104 Å². The highest BCUT2D eigenvalue weighted by molar-refractivity contribution is 5.87. The summed E-state index contributed by atoms with van der Waals surface area (Å²) >= 11 is 0. The summed E-state index contributed by atoms with van der Waals surface area (Å²) in [4.78, 5) is 11.5. The van der Waals surface area contributed by atoms with Crippen LogP contribution in [0.4, 0.5) is 10.6 Å². The van der Waals surface area contributed by atoms with E-state index < -0.39 is 0 Å². The normalized spacial score (nSPS) is 9.83. The summed E-state index contributed by atoms with van der Waals surface area (Å²) in [7, 11) is 1.59. The number of aromatic nitrogens is 1. The molecule has 0 aliphatic rings. The van der Waals surface area contributed by atoms with Crippen molar-refractivity contribution in [2.24, 2.45) is 0 Å². The molecule has 6 heteroatoms. The summed E-state index contributed by atoms with van der Waals surface area (Å²) in [5, 5.41) is 8.81. The highest BCUT2D eigenvalue weighted by Crippen LogP contribution is 2.16. The van der Waals surface area contributed by atoms with E-state index in [9.17, 15) is 4.79 Å². The van der Waals surface area contributed by atoms with Gasteiger partial charge in [-0.3, -0.25) is 5.32 Å². The first-order valence-corrected chi connectivity index (χ1v) is 5.36. The molecule has 0 spiro atoms. The van der Waals surface area contributed by atoms with Crippen LogP contribution in [-0.4, -0.2) is 18.3 Å². The standard InChI is InChI=1S/C12H13N3O3/c1-17-10-5-3-2-4-9(10)8-13-12(16)14-11-6-7-18-15-11/h2-7H,8H2,1H3,(H2,13,14,15,16). The third-order valence-electron chi connectivity index (χ3n) is 2.31. The molecule has 0 atom stereocenters. The molecular weight excluding hydrogens is 234 g/mol. The summed E-state index contributed by atoms with van der Waals surface area (Å²) < 4.78 is 9.79. The smallest absolute Gasteiger partial charge is 0.320 e. The van der Waals surface area contributed by atoms with E-state index in [2.05, 4.69) is 20.3 Å². The van der Waals surface area contributed by atoms with Crippen LogP contribution in [0.2, 0.25) is 0 Å². The van der Waals surface area contributed by atoms with Crippen molar-refractivity contribution in [1.82, 2.24) is 10.5 Å². The van der Waals surface area contributed by atoms with Crippen LogP contribution in [0.5, 0.6) is 5.75 Å². The Kier molecular flexibility index (Phi) is 3.80. The lowest BCUT2D eigenvalue weighted by molar-refractivity contribution is 0.251.